The van der Waals surface area contributed by atoms with E-state index in [1.54, 1.807) is 11.3 Å². The van der Waals surface area contributed by atoms with E-state index >= 15 is 0 Å². The summed E-state index contributed by atoms with van der Waals surface area (Å²) in [5, 5.41) is 13.7. The molecule has 4 rings (SSSR count). The Kier molecular flexibility index (Phi) is 5.02. The molecule has 0 radical (unpaired) electrons. The molecule has 7 heteroatoms. The number of anilines is 2. The number of piperazine rings is 1. The highest BCUT2D eigenvalue weighted by molar-refractivity contribution is 7.13. The van der Waals surface area contributed by atoms with Gasteiger partial charge < -0.3 is 15.1 Å². The second-order valence-electron chi connectivity index (χ2n) is 6.52. The van der Waals surface area contributed by atoms with Crippen molar-refractivity contribution in [2.75, 3.05) is 36.4 Å². The van der Waals surface area contributed by atoms with Gasteiger partial charge in [-0.1, -0.05) is 23.8 Å². The maximum atomic E-state index is 12.4. The fraction of sp³-hybridized carbons (Fsp3) is 0.250. The van der Waals surface area contributed by atoms with Crippen LogP contribution in [0.3, 0.4) is 0 Å². The zero-order valence-electron chi connectivity index (χ0n) is 15.1. The maximum absolute atomic E-state index is 12.4. The topological polar surface area (TPSA) is 61.4 Å². The smallest absolute Gasteiger partial charge is 0.321 e. The van der Waals surface area contributed by atoms with Crippen molar-refractivity contribution >= 4 is 28.9 Å². The third-order valence-corrected chi connectivity index (χ3v) is 5.51. The lowest BCUT2D eigenvalue weighted by atomic mass is 10.2. The van der Waals surface area contributed by atoms with Crippen molar-refractivity contribution in [3.05, 3.63) is 59.5 Å². The lowest BCUT2D eigenvalue weighted by molar-refractivity contribution is 0.208. The molecule has 1 saturated heterocycles. The minimum absolute atomic E-state index is 0.0577. The largest absolute Gasteiger partial charge is 0.352 e. The molecule has 1 N–H and O–H groups in total. The van der Waals surface area contributed by atoms with Crippen molar-refractivity contribution < 1.29 is 4.79 Å². The number of aryl methyl sites for hydroxylation is 1. The van der Waals surface area contributed by atoms with E-state index in [1.165, 1.54) is 5.56 Å². The number of hydrogen-bond donors (Lipinski definition) is 1. The molecule has 0 spiro atoms. The van der Waals surface area contributed by atoms with Crippen LogP contribution in [-0.2, 0) is 0 Å². The number of nitrogens with one attached hydrogen (secondary N) is 1. The number of benzene rings is 1. The molecule has 138 valence electrons. The first-order valence-corrected chi connectivity index (χ1v) is 9.82. The van der Waals surface area contributed by atoms with E-state index in [4.69, 9.17) is 0 Å². The summed E-state index contributed by atoms with van der Waals surface area (Å²) in [4.78, 5) is 17.6. The summed E-state index contributed by atoms with van der Waals surface area (Å²) in [5.41, 5.74) is 2.89. The number of hydrogen-bond acceptors (Lipinski definition) is 5. The van der Waals surface area contributed by atoms with Crippen LogP contribution < -0.4 is 10.2 Å². The highest BCUT2D eigenvalue weighted by Gasteiger charge is 2.22. The van der Waals surface area contributed by atoms with E-state index in [0.717, 1.165) is 35.2 Å². The van der Waals surface area contributed by atoms with Gasteiger partial charge in [0.15, 0.2) is 5.82 Å². The van der Waals surface area contributed by atoms with E-state index in [9.17, 15) is 4.79 Å². The Morgan fingerprint density at radius 2 is 1.78 bits per heavy atom. The average Bonchev–Trinajstić information content (AvgIpc) is 3.25. The molecule has 0 saturated carbocycles. The Hall–Kier alpha value is -2.93. The number of carbonyl (C=O) groups excluding carboxylic acids is 1. The Bertz CT molecular complexity index is 885. The summed E-state index contributed by atoms with van der Waals surface area (Å²) < 4.78 is 0. The summed E-state index contributed by atoms with van der Waals surface area (Å²) >= 11 is 1.66. The predicted octanol–water partition coefficient (Wildman–Crippen LogP) is 3.87. The van der Waals surface area contributed by atoms with E-state index in [2.05, 4.69) is 20.4 Å². The number of rotatable bonds is 3. The average molecular weight is 379 g/mol. The molecule has 3 aromatic rings. The van der Waals surface area contributed by atoms with Crippen molar-refractivity contribution in [1.82, 2.24) is 15.1 Å². The Balaban J connectivity index is 1.33. The first kappa shape index (κ1) is 17.5. The van der Waals surface area contributed by atoms with Gasteiger partial charge in [0.2, 0.25) is 0 Å². The van der Waals surface area contributed by atoms with E-state index < -0.39 is 0 Å². The maximum Gasteiger partial charge on any atom is 0.321 e. The van der Waals surface area contributed by atoms with Crippen LogP contribution in [-0.4, -0.2) is 47.3 Å². The Morgan fingerprint density at radius 1 is 1.00 bits per heavy atom. The van der Waals surface area contributed by atoms with Crippen molar-refractivity contribution in [3.63, 3.8) is 0 Å². The molecule has 0 bridgehead atoms. The molecule has 3 heterocycles. The first-order chi connectivity index (χ1) is 13.2. The monoisotopic (exact) mass is 379 g/mol. The molecule has 1 fully saturated rings. The van der Waals surface area contributed by atoms with Gasteiger partial charge in [0, 0.05) is 31.9 Å². The second-order valence-corrected chi connectivity index (χ2v) is 7.47. The van der Waals surface area contributed by atoms with E-state index in [1.807, 2.05) is 65.7 Å². The third-order valence-electron chi connectivity index (χ3n) is 4.62. The lowest BCUT2D eigenvalue weighted by Gasteiger charge is -2.35. The molecule has 1 aliphatic rings. The number of aromatic nitrogens is 2. The molecule has 0 unspecified atom stereocenters. The minimum Gasteiger partial charge on any atom is -0.352 e. The van der Waals surface area contributed by atoms with Crippen LogP contribution in [0.5, 0.6) is 0 Å². The van der Waals surface area contributed by atoms with Crippen LogP contribution in [0.4, 0.5) is 16.3 Å². The van der Waals surface area contributed by atoms with Gasteiger partial charge in [-0.3, -0.25) is 0 Å². The van der Waals surface area contributed by atoms with Crippen LogP contribution in [0.2, 0.25) is 0 Å². The highest BCUT2D eigenvalue weighted by atomic mass is 32.1. The molecule has 27 heavy (non-hydrogen) atoms. The molecule has 2 amide bonds. The van der Waals surface area contributed by atoms with Gasteiger partial charge in [0.05, 0.1) is 4.88 Å². The molecule has 6 nitrogen and oxygen atoms in total. The Morgan fingerprint density at radius 3 is 2.41 bits per heavy atom. The highest BCUT2D eigenvalue weighted by Crippen LogP contribution is 2.23. The molecule has 0 aliphatic carbocycles. The van der Waals surface area contributed by atoms with Gasteiger partial charge in [0.25, 0.3) is 0 Å². The number of nitrogens with zero attached hydrogens (tertiary/aromatic N) is 4. The van der Waals surface area contributed by atoms with Gasteiger partial charge in [0.1, 0.15) is 5.69 Å². The SMILES string of the molecule is Cc1ccc(NC(=O)N2CCN(c3ccc(-c4cccs4)nn3)CC2)cc1. The van der Waals surface area contributed by atoms with Crippen LogP contribution >= 0.6 is 11.3 Å². The molecule has 1 aliphatic heterocycles. The van der Waals surface area contributed by atoms with Crippen LogP contribution in [0.1, 0.15) is 5.56 Å². The van der Waals surface area contributed by atoms with Crippen molar-refractivity contribution in [3.8, 4) is 10.6 Å². The lowest BCUT2D eigenvalue weighted by Crippen LogP contribution is -2.50. The summed E-state index contributed by atoms with van der Waals surface area (Å²) in [6.45, 7) is 4.83. The molecule has 2 aromatic heterocycles. The fourth-order valence-corrected chi connectivity index (χ4v) is 3.72. The van der Waals surface area contributed by atoms with Crippen LogP contribution in [0.25, 0.3) is 10.6 Å². The molecular formula is C20H21N5OS. The van der Waals surface area contributed by atoms with Crippen LogP contribution in [0.15, 0.2) is 53.9 Å². The van der Waals surface area contributed by atoms with E-state index in [0.29, 0.717) is 13.1 Å². The molecule has 0 atom stereocenters. The van der Waals surface area contributed by atoms with Crippen LogP contribution in [0, 0.1) is 6.92 Å². The summed E-state index contributed by atoms with van der Waals surface area (Å²) in [7, 11) is 0. The van der Waals surface area contributed by atoms with Gasteiger partial charge in [-0.25, -0.2) is 4.79 Å². The zero-order valence-corrected chi connectivity index (χ0v) is 15.9. The molecule has 1 aromatic carbocycles. The quantitative estimate of drug-likeness (QED) is 0.750. The van der Waals surface area contributed by atoms with Gasteiger partial charge >= 0.3 is 6.03 Å². The zero-order chi connectivity index (χ0) is 18.6. The Labute approximate surface area is 162 Å². The fourth-order valence-electron chi connectivity index (χ4n) is 3.03. The summed E-state index contributed by atoms with van der Waals surface area (Å²) in [6, 6.07) is 15.8. The van der Waals surface area contributed by atoms with Crippen molar-refractivity contribution in [1.29, 1.82) is 0 Å². The number of carbonyl (C=O) groups is 1. The van der Waals surface area contributed by atoms with Crippen molar-refractivity contribution in [2.24, 2.45) is 0 Å². The third kappa shape index (κ3) is 4.09. The second kappa shape index (κ2) is 7.75. The van der Waals surface area contributed by atoms with Gasteiger partial charge in [-0.15, -0.1) is 21.5 Å². The number of thiophene rings is 1. The standard InChI is InChI=1S/C20H21N5OS/c1-15-4-6-16(7-5-15)21-20(26)25-12-10-24(11-13-25)19-9-8-17(22-23-19)18-3-2-14-27-18/h2-9,14H,10-13H2,1H3,(H,21,26). The predicted molar refractivity (Wildman–Crippen MR) is 109 cm³/mol. The van der Waals surface area contributed by atoms with Gasteiger partial charge in [-0.2, -0.15) is 0 Å². The molecular weight excluding hydrogens is 358 g/mol. The summed E-state index contributed by atoms with van der Waals surface area (Å²) in [5.74, 6) is 0.855. The number of urea groups is 1. The van der Waals surface area contributed by atoms with E-state index in [-0.39, 0.29) is 6.03 Å². The van der Waals surface area contributed by atoms with Gasteiger partial charge in [-0.05, 0) is 42.6 Å². The normalized spacial score (nSPS) is 14.3. The first-order valence-electron chi connectivity index (χ1n) is 8.94. The number of amides is 2. The minimum atomic E-state index is -0.0577. The summed E-state index contributed by atoms with van der Waals surface area (Å²) in [6.07, 6.45) is 0. The van der Waals surface area contributed by atoms with Crippen molar-refractivity contribution in [2.45, 2.75) is 6.92 Å².